The molecule has 3 N–H and O–H groups in total. The summed E-state index contributed by atoms with van der Waals surface area (Å²) in [5, 5.41) is 0. The molecule has 0 amide bonds. The molecule has 1 fully saturated rings. The van der Waals surface area contributed by atoms with E-state index in [0.717, 1.165) is 36.4 Å². The predicted molar refractivity (Wildman–Crippen MR) is 68.0 cm³/mol. The zero-order chi connectivity index (χ0) is 11.7. The first-order valence-electron chi connectivity index (χ1n) is 5.52. The molecule has 1 atom stereocenters. The number of rotatable bonds is 2. The lowest BCUT2D eigenvalue weighted by atomic mass is 10.1. The van der Waals surface area contributed by atoms with E-state index in [0.29, 0.717) is 5.84 Å². The lowest BCUT2D eigenvalue weighted by Crippen LogP contribution is -2.22. The van der Waals surface area contributed by atoms with Crippen molar-refractivity contribution in [2.45, 2.75) is 19.1 Å². The summed E-state index contributed by atoms with van der Waals surface area (Å²) in [6.07, 6.45) is 1.80. The summed E-state index contributed by atoms with van der Waals surface area (Å²) in [6.45, 7) is 0.761. The number of anilines is 1. The normalized spacial score (nSPS) is 22.6. The number of hydrogen-bond donors (Lipinski definition) is 2. The molecular weight excluding hydrogens is 238 g/mol. The number of ether oxygens (including phenoxy) is 2. The molecule has 0 aliphatic carbocycles. The minimum absolute atomic E-state index is 0.163. The zero-order valence-corrected chi connectivity index (χ0v) is 10.00. The maximum Gasteiger partial charge on any atom is 0.199 e. The highest BCUT2D eigenvalue weighted by Gasteiger charge is 2.22. The van der Waals surface area contributed by atoms with Crippen molar-refractivity contribution >= 4 is 23.7 Å². The first kappa shape index (κ1) is 10.7. The Kier molecular flexibility index (Phi) is 2.82. The number of amidine groups is 1. The van der Waals surface area contributed by atoms with Crippen LogP contribution in [0.1, 0.15) is 18.4 Å². The number of nitrogens with two attached hydrogens (primary N) is 1. The van der Waals surface area contributed by atoms with E-state index in [1.165, 1.54) is 12.1 Å². The van der Waals surface area contributed by atoms with Crippen molar-refractivity contribution < 1.29 is 9.47 Å². The van der Waals surface area contributed by atoms with Crippen LogP contribution >= 0.6 is 12.1 Å². The largest absolute Gasteiger partial charge is 0.464 e. The van der Waals surface area contributed by atoms with Crippen molar-refractivity contribution in [1.29, 1.82) is 0 Å². The van der Waals surface area contributed by atoms with E-state index in [-0.39, 0.29) is 6.29 Å². The Morgan fingerprint density at radius 3 is 3.29 bits per heavy atom. The Balaban J connectivity index is 1.92. The Bertz CT molecular complexity index is 458. The monoisotopic (exact) mass is 251 g/mol. The zero-order valence-electron chi connectivity index (χ0n) is 9.18. The number of fused-ring (bicyclic) bond motifs is 1. The lowest BCUT2D eigenvalue weighted by molar-refractivity contribution is -0.0391. The molecule has 3 rings (SSSR count). The quantitative estimate of drug-likeness (QED) is 0.786. The summed E-state index contributed by atoms with van der Waals surface area (Å²) in [6, 6.07) is 5.77. The van der Waals surface area contributed by atoms with Crippen molar-refractivity contribution in [2.75, 3.05) is 11.3 Å². The predicted octanol–water partition coefficient (Wildman–Crippen LogP) is 1.90. The molecule has 0 spiro atoms. The molecule has 5 nitrogen and oxygen atoms in total. The number of nitrogens with one attached hydrogen (secondary N) is 1. The summed E-state index contributed by atoms with van der Waals surface area (Å²) in [7, 11) is 0. The third-order valence-corrected chi connectivity index (χ3v) is 3.33. The summed E-state index contributed by atoms with van der Waals surface area (Å²) in [5.41, 5.74) is 7.64. The number of benzene rings is 1. The van der Waals surface area contributed by atoms with E-state index in [1.54, 1.807) is 0 Å². The summed E-state index contributed by atoms with van der Waals surface area (Å²) >= 11 is 1.22. The average molecular weight is 251 g/mol. The molecule has 17 heavy (non-hydrogen) atoms. The van der Waals surface area contributed by atoms with Gasteiger partial charge in [-0.3, -0.25) is 0 Å². The topological polar surface area (TPSA) is 68.9 Å². The number of hydrogen-bond acceptors (Lipinski definition) is 6. The molecule has 0 aromatic heterocycles. The standard InChI is InChI=1S/C11H13N3O2S/c12-11-10-7(13-17-14-11)3-1-4-8(10)16-9-5-2-6-15-9/h1,3-4,9,13H,2,5-6H2,(H2,12,14). The van der Waals surface area contributed by atoms with Gasteiger partial charge < -0.3 is 19.9 Å². The smallest absolute Gasteiger partial charge is 0.199 e. The average Bonchev–Trinajstić information content (AvgIpc) is 2.82. The molecule has 2 aliphatic heterocycles. The second-order valence-corrected chi connectivity index (χ2v) is 4.48. The second kappa shape index (κ2) is 4.46. The highest BCUT2D eigenvalue weighted by Crippen LogP contribution is 2.33. The molecule has 1 unspecified atom stereocenters. The first-order chi connectivity index (χ1) is 8.34. The van der Waals surface area contributed by atoms with E-state index >= 15 is 0 Å². The van der Waals surface area contributed by atoms with Gasteiger partial charge in [0.2, 0.25) is 0 Å². The molecule has 2 aliphatic rings. The SMILES string of the molecule is NC1=NSNc2cccc(OC3CCCO3)c21. The van der Waals surface area contributed by atoms with Crippen LogP contribution in [-0.4, -0.2) is 18.7 Å². The van der Waals surface area contributed by atoms with Crippen LogP contribution in [-0.2, 0) is 4.74 Å². The van der Waals surface area contributed by atoms with Gasteiger partial charge in [0.15, 0.2) is 6.29 Å². The van der Waals surface area contributed by atoms with Crippen molar-refractivity contribution in [3.05, 3.63) is 23.8 Å². The van der Waals surface area contributed by atoms with Gasteiger partial charge in [-0.25, -0.2) is 0 Å². The van der Waals surface area contributed by atoms with Gasteiger partial charge in [-0.15, -0.1) is 0 Å². The van der Waals surface area contributed by atoms with Gasteiger partial charge in [0.1, 0.15) is 11.6 Å². The van der Waals surface area contributed by atoms with Crippen LogP contribution < -0.4 is 15.2 Å². The third-order valence-electron chi connectivity index (χ3n) is 2.73. The molecule has 90 valence electrons. The van der Waals surface area contributed by atoms with Crippen LogP contribution in [0.5, 0.6) is 5.75 Å². The van der Waals surface area contributed by atoms with E-state index in [1.807, 2.05) is 18.2 Å². The Morgan fingerprint density at radius 1 is 1.53 bits per heavy atom. The van der Waals surface area contributed by atoms with Crippen LogP contribution in [0, 0.1) is 0 Å². The van der Waals surface area contributed by atoms with E-state index in [2.05, 4.69) is 9.12 Å². The van der Waals surface area contributed by atoms with E-state index in [9.17, 15) is 0 Å². The molecule has 0 radical (unpaired) electrons. The molecule has 1 aromatic rings. The number of nitrogens with zero attached hydrogens (tertiary/aromatic N) is 1. The van der Waals surface area contributed by atoms with Gasteiger partial charge in [-0.2, -0.15) is 4.40 Å². The molecule has 6 heteroatoms. The minimum Gasteiger partial charge on any atom is -0.464 e. The maximum atomic E-state index is 5.89. The second-order valence-electron chi connectivity index (χ2n) is 3.91. The van der Waals surface area contributed by atoms with Crippen molar-refractivity contribution in [3.63, 3.8) is 0 Å². The molecular formula is C11H13N3O2S. The fourth-order valence-corrected chi connectivity index (χ4v) is 2.43. The van der Waals surface area contributed by atoms with E-state index in [4.69, 9.17) is 15.2 Å². The highest BCUT2D eigenvalue weighted by atomic mass is 32.2. The van der Waals surface area contributed by atoms with Gasteiger partial charge in [0.25, 0.3) is 0 Å². The van der Waals surface area contributed by atoms with Crippen LogP contribution in [0.3, 0.4) is 0 Å². The van der Waals surface area contributed by atoms with Crippen LogP contribution in [0.4, 0.5) is 5.69 Å². The van der Waals surface area contributed by atoms with Crippen LogP contribution in [0.2, 0.25) is 0 Å². The Morgan fingerprint density at radius 2 is 2.47 bits per heavy atom. The van der Waals surface area contributed by atoms with Crippen LogP contribution in [0.15, 0.2) is 22.6 Å². The van der Waals surface area contributed by atoms with Gasteiger partial charge in [-0.05, 0) is 18.6 Å². The van der Waals surface area contributed by atoms with Gasteiger partial charge >= 0.3 is 0 Å². The lowest BCUT2D eigenvalue weighted by Gasteiger charge is -2.20. The van der Waals surface area contributed by atoms with Crippen molar-refractivity contribution in [1.82, 2.24) is 0 Å². The van der Waals surface area contributed by atoms with Gasteiger partial charge in [0.05, 0.1) is 30.0 Å². The van der Waals surface area contributed by atoms with Gasteiger partial charge in [-0.1, -0.05) is 6.07 Å². The third kappa shape index (κ3) is 2.05. The molecule has 1 aromatic carbocycles. The molecule has 0 saturated carbocycles. The maximum absolute atomic E-state index is 5.89. The molecule has 2 heterocycles. The van der Waals surface area contributed by atoms with Gasteiger partial charge in [0, 0.05) is 6.42 Å². The minimum atomic E-state index is -0.163. The summed E-state index contributed by atoms with van der Waals surface area (Å²) in [4.78, 5) is 0. The Labute approximate surface area is 104 Å². The summed E-state index contributed by atoms with van der Waals surface area (Å²) < 4.78 is 18.4. The van der Waals surface area contributed by atoms with Crippen molar-refractivity contribution in [2.24, 2.45) is 10.1 Å². The molecule has 0 bridgehead atoms. The summed E-state index contributed by atoms with van der Waals surface area (Å²) in [5.74, 6) is 1.21. The van der Waals surface area contributed by atoms with Crippen LogP contribution in [0.25, 0.3) is 0 Å². The fraction of sp³-hybridized carbons (Fsp3) is 0.364. The molecule has 1 saturated heterocycles. The first-order valence-corrected chi connectivity index (χ1v) is 6.29. The van der Waals surface area contributed by atoms with Crippen molar-refractivity contribution in [3.8, 4) is 5.75 Å². The fourth-order valence-electron chi connectivity index (χ4n) is 1.93. The highest BCUT2D eigenvalue weighted by molar-refractivity contribution is 7.99. The Hall–Kier alpha value is -1.40. The van der Waals surface area contributed by atoms with E-state index < -0.39 is 0 Å².